The number of fused-ring (bicyclic) bond motifs is 1. The second-order valence-corrected chi connectivity index (χ2v) is 11.4. The lowest BCUT2D eigenvalue weighted by atomic mass is 9.86. The van der Waals surface area contributed by atoms with E-state index in [-0.39, 0.29) is 35.0 Å². The second kappa shape index (κ2) is 10.0. The SMILES string of the molecule is Cc1cccc(S(=O)(=O)N2C[C@H](CC(C)(C)C(=O)O)Oc3ccc(-c4cccc(OC(F)F)c4)cc32)c1. The van der Waals surface area contributed by atoms with Gasteiger partial charge in [-0.15, -0.1) is 0 Å². The summed E-state index contributed by atoms with van der Waals surface area (Å²) in [6, 6.07) is 17.5. The van der Waals surface area contributed by atoms with Crippen molar-refractivity contribution >= 4 is 21.7 Å². The molecule has 1 N–H and O–H groups in total. The number of hydrogen-bond donors (Lipinski definition) is 1. The highest BCUT2D eigenvalue weighted by Crippen LogP contribution is 2.42. The Bertz CT molecular complexity index is 1420. The number of alkyl halides is 2. The van der Waals surface area contributed by atoms with Crippen molar-refractivity contribution in [1.82, 2.24) is 0 Å². The molecule has 0 bridgehead atoms. The van der Waals surface area contributed by atoms with E-state index in [1.807, 2.05) is 0 Å². The van der Waals surface area contributed by atoms with Crippen molar-refractivity contribution in [3.63, 3.8) is 0 Å². The number of hydrogen-bond acceptors (Lipinski definition) is 5. The molecule has 1 heterocycles. The monoisotopic (exact) mass is 531 g/mol. The summed E-state index contributed by atoms with van der Waals surface area (Å²) < 4.78 is 64.9. The topological polar surface area (TPSA) is 93.1 Å². The Balaban J connectivity index is 1.80. The lowest BCUT2D eigenvalue weighted by Crippen LogP contribution is -2.46. The number of rotatable bonds is 8. The maximum atomic E-state index is 13.8. The van der Waals surface area contributed by atoms with Crippen LogP contribution >= 0.6 is 0 Å². The third-order valence-electron chi connectivity index (χ3n) is 6.18. The van der Waals surface area contributed by atoms with E-state index in [1.54, 1.807) is 69.3 Å². The Kier molecular flexibility index (Phi) is 7.14. The molecule has 0 aliphatic carbocycles. The molecule has 7 nitrogen and oxygen atoms in total. The van der Waals surface area contributed by atoms with Crippen LogP contribution in [0.2, 0.25) is 0 Å². The Labute approximate surface area is 214 Å². The maximum Gasteiger partial charge on any atom is 0.387 e. The summed E-state index contributed by atoms with van der Waals surface area (Å²) in [7, 11) is -4.05. The molecule has 0 radical (unpaired) electrons. The lowest BCUT2D eigenvalue weighted by Gasteiger charge is -2.38. The summed E-state index contributed by atoms with van der Waals surface area (Å²) in [5.41, 5.74) is 0.997. The van der Waals surface area contributed by atoms with Gasteiger partial charge in [0.2, 0.25) is 0 Å². The lowest BCUT2D eigenvalue weighted by molar-refractivity contribution is -0.148. The fourth-order valence-electron chi connectivity index (χ4n) is 4.24. The fourth-order valence-corrected chi connectivity index (χ4v) is 5.84. The number of halogens is 2. The number of sulfonamides is 1. The van der Waals surface area contributed by atoms with Gasteiger partial charge in [0.15, 0.2) is 0 Å². The Hall–Kier alpha value is -3.66. The first-order valence-corrected chi connectivity index (χ1v) is 13.0. The van der Waals surface area contributed by atoms with Crippen molar-refractivity contribution in [2.24, 2.45) is 5.41 Å². The standard InChI is InChI=1S/C27H27F2NO6S/c1-17-6-4-9-22(12-17)37(33,34)30-16-21(15-27(2,3)25(31)32)35-24-11-10-19(14-23(24)30)18-7-5-8-20(13-18)36-26(28)29/h4-14,21,26H,15-16H2,1-3H3,(H,31,32)/t21-/m0/s1. The quantitative estimate of drug-likeness (QED) is 0.400. The van der Waals surface area contributed by atoms with E-state index >= 15 is 0 Å². The van der Waals surface area contributed by atoms with Gasteiger partial charge in [0.25, 0.3) is 10.0 Å². The van der Waals surface area contributed by atoms with Crippen LogP contribution < -0.4 is 13.8 Å². The molecule has 0 unspecified atom stereocenters. The molecule has 0 aromatic heterocycles. The van der Waals surface area contributed by atoms with E-state index < -0.39 is 34.1 Å². The average molecular weight is 532 g/mol. The minimum Gasteiger partial charge on any atom is -0.486 e. The van der Waals surface area contributed by atoms with E-state index in [0.717, 1.165) is 5.56 Å². The zero-order valence-corrected chi connectivity index (χ0v) is 21.3. The number of carboxylic acid groups (broad SMARTS) is 1. The molecule has 3 aromatic carbocycles. The van der Waals surface area contributed by atoms with E-state index in [4.69, 9.17) is 4.74 Å². The highest BCUT2D eigenvalue weighted by atomic mass is 32.2. The van der Waals surface area contributed by atoms with Crippen LogP contribution in [0.25, 0.3) is 11.1 Å². The van der Waals surface area contributed by atoms with Gasteiger partial charge in [-0.2, -0.15) is 8.78 Å². The van der Waals surface area contributed by atoms with E-state index in [9.17, 15) is 27.1 Å². The molecule has 196 valence electrons. The first-order valence-electron chi connectivity index (χ1n) is 11.6. The predicted octanol–water partition coefficient (Wildman–Crippen LogP) is 5.72. The molecule has 0 fully saturated rings. The van der Waals surface area contributed by atoms with Crippen LogP contribution in [-0.2, 0) is 14.8 Å². The zero-order chi connectivity index (χ0) is 27.0. The van der Waals surface area contributed by atoms with Crippen molar-refractivity contribution in [3.05, 3.63) is 72.3 Å². The van der Waals surface area contributed by atoms with Gasteiger partial charge in [0.05, 0.1) is 22.5 Å². The summed E-state index contributed by atoms with van der Waals surface area (Å²) >= 11 is 0. The number of aliphatic carboxylic acids is 1. The van der Waals surface area contributed by atoms with E-state index in [1.165, 1.54) is 22.5 Å². The number of nitrogens with zero attached hydrogens (tertiary/aromatic N) is 1. The molecule has 0 spiro atoms. The minimum atomic E-state index is -4.05. The van der Waals surface area contributed by atoms with Crippen LogP contribution in [-0.4, -0.2) is 38.8 Å². The van der Waals surface area contributed by atoms with Crippen molar-refractivity contribution < 1.29 is 36.6 Å². The number of carbonyl (C=O) groups is 1. The molecule has 3 aromatic rings. The number of benzene rings is 3. The largest absolute Gasteiger partial charge is 0.486 e. The number of aryl methyl sites for hydroxylation is 1. The van der Waals surface area contributed by atoms with Crippen molar-refractivity contribution in [1.29, 1.82) is 0 Å². The van der Waals surface area contributed by atoms with Gasteiger partial charge < -0.3 is 14.6 Å². The highest BCUT2D eigenvalue weighted by Gasteiger charge is 2.39. The minimum absolute atomic E-state index is 0.0262. The Morgan fingerprint density at radius 1 is 1.11 bits per heavy atom. The van der Waals surface area contributed by atoms with Crippen LogP contribution in [0, 0.1) is 12.3 Å². The summed E-state index contributed by atoms with van der Waals surface area (Å²) in [6.07, 6.45) is -0.636. The van der Waals surface area contributed by atoms with Crippen molar-refractivity contribution in [2.75, 3.05) is 10.8 Å². The van der Waals surface area contributed by atoms with Crippen LogP contribution in [0.15, 0.2) is 71.6 Å². The summed E-state index contributed by atoms with van der Waals surface area (Å²) in [6.45, 7) is 1.83. The number of anilines is 1. The van der Waals surface area contributed by atoms with Gasteiger partial charge >= 0.3 is 12.6 Å². The Morgan fingerprint density at radius 2 is 1.81 bits per heavy atom. The van der Waals surface area contributed by atoms with Gasteiger partial charge in [-0.05, 0) is 73.9 Å². The van der Waals surface area contributed by atoms with Crippen molar-refractivity contribution in [3.8, 4) is 22.6 Å². The molecule has 1 aliphatic heterocycles. The fraction of sp³-hybridized carbons (Fsp3) is 0.296. The summed E-state index contributed by atoms with van der Waals surface area (Å²) in [4.78, 5) is 11.8. The maximum absolute atomic E-state index is 13.8. The predicted molar refractivity (Wildman–Crippen MR) is 135 cm³/mol. The molecule has 4 rings (SSSR count). The molecule has 37 heavy (non-hydrogen) atoms. The smallest absolute Gasteiger partial charge is 0.387 e. The van der Waals surface area contributed by atoms with E-state index in [2.05, 4.69) is 4.74 Å². The summed E-state index contributed by atoms with van der Waals surface area (Å²) in [5.74, 6) is -0.768. The van der Waals surface area contributed by atoms with Gasteiger partial charge in [-0.25, -0.2) is 8.42 Å². The van der Waals surface area contributed by atoms with Crippen LogP contribution in [0.4, 0.5) is 14.5 Å². The average Bonchev–Trinajstić information content (AvgIpc) is 2.82. The zero-order valence-electron chi connectivity index (χ0n) is 20.5. The molecule has 1 aliphatic rings. The number of carboxylic acids is 1. The van der Waals surface area contributed by atoms with E-state index in [0.29, 0.717) is 11.1 Å². The van der Waals surface area contributed by atoms with Gasteiger partial charge in [0.1, 0.15) is 17.6 Å². The third-order valence-corrected chi connectivity index (χ3v) is 7.95. The molecule has 10 heteroatoms. The van der Waals surface area contributed by atoms with Crippen LogP contribution in [0.3, 0.4) is 0 Å². The van der Waals surface area contributed by atoms with Crippen LogP contribution in [0.5, 0.6) is 11.5 Å². The van der Waals surface area contributed by atoms with Crippen molar-refractivity contribution in [2.45, 2.75) is 44.8 Å². The third kappa shape index (κ3) is 5.69. The first kappa shape index (κ1) is 26.4. The van der Waals surface area contributed by atoms with Crippen LogP contribution in [0.1, 0.15) is 25.8 Å². The highest BCUT2D eigenvalue weighted by molar-refractivity contribution is 7.92. The molecule has 0 amide bonds. The molecule has 0 saturated carbocycles. The Morgan fingerprint density at radius 3 is 2.49 bits per heavy atom. The molecular weight excluding hydrogens is 504 g/mol. The molecule has 1 atom stereocenters. The summed E-state index contributed by atoms with van der Waals surface area (Å²) in [5, 5.41) is 9.60. The van der Waals surface area contributed by atoms with Gasteiger partial charge in [-0.3, -0.25) is 9.10 Å². The molecule has 0 saturated heterocycles. The second-order valence-electron chi connectivity index (χ2n) is 9.57. The number of ether oxygens (including phenoxy) is 2. The van der Waals surface area contributed by atoms with Gasteiger partial charge in [0, 0.05) is 6.42 Å². The molecular formula is C27H27F2NO6S. The first-order chi connectivity index (χ1) is 17.4. The normalized spacial score (nSPS) is 15.7. The van der Waals surface area contributed by atoms with Gasteiger partial charge in [-0.1, -0.05) is 30.3 Å².